The molecule has 5 rings (SSSR count). The van der Waals surface area contributed by atoms with Crippen LogP contribution in [0.1, 0.15) is 52.0 Å². The summed E-state index contributed by atoms with van der Waals surface area (Å²) in [7, 11) is 0. The molecule has 1 saturated heterocycles. The van der Waals surface area contributed by atoms with E-state index in [1.54, 1.807) is 0 Å². The second kappa shape index (κ2) is 10.8. The first kappa shape index (κ1) is 24.4. The van der Waals surface area contributed by atoms with Crippen LogP contribution in [0.3, 0.4) is 0 Å². The van der Waals surface area contributed by atoms with Crippen molar-refractivity contribution in [2.75, 3.05) is 26.2 Å². The summed E-state index contributed by atoms with van der Waals surface area (Å²) in [5, 5.41) is 0. The molecular formula is C31H36N2O3. The van der Waals surface area contributed by atoms with Crippen LogP contribution in [0.5, 0.6) is 17.2 Å². The molecule has 2 heterocycles. The summed E-state index contributed by atoms with van der Waals surface area (Å²) in [4.78, 5) is 7.20. The standard InChI is InChI=1S/C31H36N2O3/c1-31(2,3)24-10-14-26(15-11-24)35-27-16-17-28-29(22-27)36-30(32-28)23-8-12-25(13-9-23)34-21-7-20-33-18-5-4-6-19-33/h8-17,22H,4-7,18-21H2,1-3H3. The highest BCUT2D eigenvalue weighted by atomic mass is 16.5. The number of hydrogen-bond acceptors (Lipinski definition) is 5. The van der Waals surface area contributed by atoms with Crippen molar-refractivity contribution >= 4 is 11.1 Å². The first-order valence-corrected chi connectivity index (χ1v) is 13.1. The molecule has 0 amide bonds. The third-order valence-corrected chi connectivity index (χ3v) is 6.75. The van der Waals surface area contributed by atoms with E-state index >= 15 is 0 Å². The highest BCUT2D eigenvalue weighted by Gasteiger charge is 2.14. The van der Waals surface area contributed by atoms with Crippen molar-refractivity contribution in [1.29, 1.82) is 0 Å². The molecule has 36 heavy (non-hydrogen) atoms. The van der Waals surface area contributed by atoms with Crippen molar-refractivity contribution in [2.24, 2.45) is 0 Å². The van der Waals surface area contributed by atoms with Crippen LogP contribution in [0, 0.1) is 0 Å². The molecule has 0 atom stereocenters. The Morgan fingerprint density at radius 1 is 0.833 bits per heavy atom. The van der Waals surface area contributed by atoms with Gasteiger partial charge in [-0.3, -0.25) is 0 Å². The maximum absolute atomic E-state index is 6.06. The molecule has 1 fully saturated rings. The first-order chi connectivity index (χ1) is 17.4. The quantitative estimate of drug-likeness (QED) is 0.238. The highest BCUT2D eigenvalue weighted by molar-refractivity contribution is 5.77. The van der Waals surface area contributed by atoms with Crippen molar-refractivity contribution in [3.05, 3.63) is 72.3 Å². The number of hydrogen-bond donors (Lipinski definition) is 0. The van der Waals surface area contributed by atoms with Crippen molar-refractivity contribution in [1.82, 2.24) is 9.88 Å². The Hall–Kier alpha value is -3.31. The van der Waals surface area contributed by atoms with Crippen LogP contribution in [0.4, 0.5) is 0 Å². The molecule has 188 valence electrons. The Labute approximate surface area is 214 Å². The van der Waals surface area contributed by atoms with Crippen molar-refractivity contribution in [3.63, 3.8) is 0 Å². The fourth-order valence-electron chi connectivity index (χ4n) is 4.61. The Bertz CT molecular complexity index is 1260. The predicted molar refractivity (Wildman–Crippen MR) is 145 cm³/mol. The SMILES string of the molecule is CC(C)(C)c1ccc(Oc2ccc3nc(-c4ccc(OCCCN5CCCCC5)cc4)oc3c2)cc1. The maximum atomic E-state index is 6.06. The summed E-state index contributed by atoms with van der Waals surface area (Å²) in [5.74, 6) is 2.99. The van der Waals surface area contributed by atoms with E-state index in [9.17, 15) is 0 Å². The van der Waals surface area contributed by atoms with Gasteiger partial charge < -0.3 is 18.8 Å². The third kappa shape index (κ3) is 6.08. The van der Waals surface area contributed by atoms with Gasteiger partial charge in [-0.05, 0) is 91.9 Å². The number of nitrogens with zero attached hydrogens (tertiary/aromatic N) is 2. The molecule has 1 aliphatic rings. The van der Waals surface area contributed by atoms with Crippen LogP contribution in [0.15, 0.2) is 71.1 Å². The van der Waals surface area contributed by atoms with Crippen molar-refractivity contribution < 1.29 is 13.9 Å². The summed E-state index contributed by atoms with van der Waals surface area (Å²) in [6.45, 7) is 10.9. The predicted octanol–water partition coefficient (Wildman–Crippen LogP) is 7.84. The van der Waals surface area contributed by atoms with Gasteiger partial charge in [-0.1, -0.05) is 39.3 Å². The smallest absolute Gasteiger partial charge is 0.227 e. The minimum Gasteiger partial charge on any atom is -0.494 e. The Balaban J connectivity index is 1.19. The number of fused-ring (bicyclic) bond motifs is 1. The second-order valence-corrected chi connectivity index (χ2v) is 10.7. The lowest BCUT2D eigenvalue weighted by Crippen LogP contribution is -2.31. The lowest BCUT2D eigenvalue weighted by Gasteiger charge is -2.26. The van der Waals surface area contributed by atoms with Gasteiger partial charge in [-0.25, -0.2) is 4.98 Å². The molecule has 1 aliphatic heterocycles. The van der Waals surface area contributed by atoms with Gasteiger partial charge in [0.05, 0.1) is 6.61 Å². The topological polar surface area (TPSA) is 47.7 Å². The van der Waals surface area contributed by atoms with E-state index in [4.69, 9.17) is 13.9 Å². The Morgan fingerprint density at radius 2 is 1.53 bits per heavy atom. The number of benzene rings is 3. The van der Waals surface area contributed by atoms with E-state index in [2.05, 4.69) is 42.8 Å². The lowest BCUT2D eigenvalue weighted by molar-refractivity contribution is 0.205. The zero-order valence-corrected chi connectivity index (χ0v) is 21.6. The minimum atomic E-state index is 0.116. The molecule has 5 heteroatoms. The average Bonchev–Trinajstić information content (AvgIpc) is 3.31. The molecule has 0 unspecified atom stereocenters. The number of rotatable bonds is 8. The second-order valence-electron chi connectivity index (χ2n) is 10.7. The van der Waals surface area contributed by atoms with Gasteiger partial charge in [0.15, 0.2) is 5.58 Å². The molecular weight excluding hydrogens is 448 g/mol. The molecule has 0 aliphatic carbocycles. The lowest BCUT2D eigenvalue weighted by atomic mass is 9.87. The van der Waals surface area contributed by atoms with Gasteiger partial charge >= 0.3 is 0 Å². The van der Waals surface area contributed by atoms with Crippen LogP contribution in [0.2, 0.25) is 0 Å². The monoisotopic (exact) mass is 484 g/mol. The van der Waals surface area contributed by atoms with E-state index in [0.717, 1.165) is 47.9 Å². The highest BCUT2D eigenvalue weighted by Crippen LogP contribution is 2.31. The molecule has 0 radical (unpaired) electrons. The van der Waals surface area contributed by atoms with Crippen LogP contribution < -0.4 is 9.47 Å². The molecule has 0 bridgehead atoms. The van der Waals surface area contributed by atoms with Crippen LogP contribution >= 0.6 is 0 Å². The summed E-state index contributed by atoms with van der Waals surface area (Å²) in [6.07, 6.45) is 5.09. The van der Waals surface area contributed by atoms with Crippen molar-refractivity contribution in [3.8, 4) is 28.7 Å². The summed E-state index contributed by atoms with van der Waals surface area (Å²) in [5.41, 5.74) is 3.82. The van der Waals surface area contributed by atoms with Crippen molar-refractivity contribution in [2.45, 2.75) is 51.9 Å². The Kier molecular flexibility index (Phi) is 7.28. The normalized spacial score (nSPS) is 14.8. The fourth-order valence-corrected chi connectivity index (χ4v) is 4.61. The van der Waals surface area contributed by atoms with E-state index in [1.165, 1.54) is 37.9 Å². The van der Waals surface area contributed by atoms with Crippen LogP contribution in [0.25, 0.3) is 22.6 Å². The summed E-state index contributed by atoms with van der Waals surface area (Å²) < 4.78 is 18.1. The Morgan fingerprint density at radius 3 is 2.25 bits per heavy atom. The van der Waals surface area contributed by atoms with Gasteiger partial charge in [0.25, 0.3) is 0 Å². The molecule has 0 saturated carbocycles. The zero-order valence-electron chi connectivity index (χ0n) is 21.6. The van der Waals surface area contributed by atoms with E-state index in [1.807, 2.05) is 54.6 Å². The molecule has 0 spiro atoms. The number of ether oxygens (including phenoxy) is 2. The zero-order chi connectivity index (χ0) is 25.0. The van der Waals surface area contributed by atoms with E-state index in [0.29, 0.717) is 11.5 Å². The minimum absolute atomic E-state index is 0.116. The fraction of sp³-hybridized carbons (Fsp3) is 0.387. The van der Waals surface area contributed by atoms with Gasteiger partial charge in [0.1, 0.15) is 22.8 Å². The number of aromatic nitrogens is 1. The van der Waals surface area contributed by atoms with Gasteiger partial charge in [-0.2, -0.15) is 0 Å². The van der Waals surface area contributed by atoms with E-state index in [-0.39, 0.29) is 5.41 Å². The van der Waals surface area contributed by atoms with E-state index < -0.39 is 0 Å². The van der Waals surface area contributed by atoms with Gasteiger partial charge in [-0.15, -0.1) is 0 Å². The molecule has 3 aromatic carbocycles. The summed E-state index contributed by atoms with van der Waals surface area (Å²) in [6, 6.07) is 22.0. The largest absolute Gasteiger partial charge is 0.494 e. The number of piperidine rings is 1. The molecule has 0 N–H and O–H groups in total. The summed E-state index contributed by atoms with van der Waals surface area (Å²) >= 11 is 0. The average molecular weight is 485 g/mol. The number of likely N-dealkylation sites (tertiary alicyclic amines) is 1. The number of oxazole rings is 1. The first-order valence-electron chi connectivity index (χ1n) is 13.1. The maximum Gasteiger partial charge on any atom is 0.227 e. The third-order valence-electron chi connectivity index (χ3n) is 6.75. The van der Waals surface area contributed by atoms with Gasteiger partial charge in [0, 0.05) is 18.2 Å². The molecule has 4 aromatic rings. The molecule has 1 aromatic heterocycles. The van der Waals surface area contributed by atoms with Crippen LogP contribution in [-0.2, 0) is 5.41 Å². The molecule has 5 nitrogen and oxygen atoms in total. The van der Waals surface area contributed by atoms with Gasteiger partial charge in [0.2, 0.25) is 5.89 Å². The van der Waals surface area contributed by atoms with Crippen LogP contribution in [-0.4, -0.2) is 36.1 Å².